The van der Waals surface area contributed by atoms with E-state index < -0.39 is 0 Å². The normalized spacial score (nSPS) is 18.8. The number of carbonyl (C=O) groups excluding carboxylic acids is 1. The Bertz CT molecular complexity index is 1360. The summed E-state index contributed by atoms with van der Waals surface area (Å²) in [5.41, 5.74) is 3.27. The molecule has 1 atom stereocenters. The molecule has 10 heteroatoms. The number of benzene rings is 1. The van der Waals surface area contributed by atoms with Gasteiger partial charge in [0.1, 0.15) is 17.0 Å². The maximum atomic E-state index is 13.3. The molecule has 2 N–H and O–H groups in total. The molecule has 9 nitrogen and oxygen atoms in total. The predicted molar refractivity (Wildman–Crippen MR) is 137 cm³/mol. The van der Waals surface area contributed by atoms with Crippen molar-refractivity contribution >= 4 is 49.9 Å². The topological polar surface area (TPSA) is 99.3 Å². The maximum absolute atomic E-state index is 13.3. The largest absolute Gasteiger partial charge is 0.383 e. The first-order chi connectivity index (χ1) is 17.2. The minimum absolute atomic E-state index is 0.0500. The quantitative estimate of drug-likeness (QED) is 0.427. The van der Waals surface area contributed by atoms with Crippen molar-refractivity contribution in [2.45, 2.75) is 19.3 Å². The summed E-state index contributed by atoms with van der Waals surface area (Å²) in [7, 11) is 1.73. The van der Waals surface area contributed by atoms with E-state index in [9.17, 15) is 4.79 Å². The lowest BCUT2D eigenvalue weighted by atomic mass is 9.86. The zero-order chi connectivity index (χ0) is 23.8. The molecule has 1 aliphatic heterocycles. The summed E-state index contributed by atoms with van der Waals surface area (Å²) in [6.45, 7) is 5.12. The van der Waals surface area contributed by atoms with E-state index in [-0.39, 0.29) is 5.92 Å². The number of anilines is 2. The van der Waals surface area contributed by atoms with Crippen LogP contribution in [0.5, 0.6) is 0 Å². The lowest BCUT2D eigenvalue weighted by Gasteiger charge is -2.37. The van der Waals surface area contributed by atoms with Crippen LogP contribution in [-0.2, 0) is 22.4 Å². The van der Waals surface area contributed by atoms with E-state index in [1.165, 1.54) is 10.4 Å². The third kappa shape index (κ3) is 4.37. The number of carbonyl (C=O) groups is 1. The second-order valence-corrected chi connectivity index (χ2v) is 10.4. The molecule has 1 aliphatic carbocycles. The number of nitrogens with one attached hydrogen (secondary N) is 2. The summed E-state index contributed by atoms with van der Waals surface area (Å²) in [6.07, 6.45) is 5.98. The summed E-state index contributed by atoms with van der Waals surface area (Å²) >= 11 is 1.71. The molecule has 3 aromatic heterocycles. The number of rotatable bonds is 6. The summed E-state index contributed by atoms with van der Waals surface area (Å²) in [6, 6.07) is 6.10. The molecule has 0 spiro atoms. The number of hydrogen-bond acceptors (Lipinski definition) is 8. The number of hydrogen-bond donors (Lipinski definition) is 2. The molecule has 4 heterocycles. The van der Waals surface area contributed by atoms with Gasteiger partial charge < -0.3 is 15.0 Å². The van der Waals surface area contributed by atoms with Gasteiger partial charge in [0, 0.05) is 61.7 Å². The Morgan fingerprint density at radius 3 is 3.00 bits per heavy atom. The Hall–Kier alpha value is -3.08. The van der Waals surface area contributed by atoms with Gasteiger partial charge in [0.05, 0.1) is 23.7 Å². The van der Waals surface area contributed by atoms with Crippen LogP contribution >= 0.6 is 11.3 Å². The molecule has 2 aliphatic rings. The van der Waals surface area contributed by atoms with Gasteiger partial charge in [-0.3, -0.25) is 14.8 Å². The van der Waals surface area contributed by atoms with Gasteiger partial charge in [-0.2, -0.15) is 5.10 Å². The maximum Gasteiger partial charge on any atom is 0.226 e. The molecular weight excluding hydrogens is 462 g/mol. The van der Waals surface area contributed by atoms with Crippen molar-refractivity contribution in [2.24, 2.45) is 5.92 Å². The average Bonchev–Trinajstić information content (AvgIpc) is 3.51. The van der Waals surface area contributed by atoms with Gasteiger partial charge in [-0.25, -0.2) is 9.97 Å². The number of methoxy groups -OCH3 is 1. The van der Waals surface area contributed by atoms with E-state index >= 15 is 0 Å². The summed E-state index contributed by atoms with van der Waals surface area (Å²) in [5.74, 6) is 1.18. The van der Waals surface area contributed by atoms with Crippen molar-refractivity contribution < 1.29 is 9.53 Å². The van der Waals surface area contributed by atoms with Crippen LogP contribution in [0.4, 0.5) is 11.5 Å². The summed E-state index contributed by atoms with van der Waals surface area (Å²) in [5, 5.41) is 12.7. The first-order valence-electron chi connectivity index (χ1n) is 12.1. The van der Waals surface area contributed by atoms with Crippen LogP contribution < -0.4 is 5.32 Å². The molecule has 1 unspecified atom stereocenters. The third-order valence-corrected chi connectivity index (χ3v) is 8.36. The van der Waals surface area contributed by atoms with Crippen LogP contribution in [0.3, 0.4) is 0 Å². The van der Waals surface area contributed by atoms with Crippen molar-refractivity contribution in [3.63, 3.8) is 0 Å². The zero-order valence-corrected chi connectivity index (χ0v) is 20.6. The van der Waals surface area contributed by atoms with Crippen LogP contribution in [0.2, 0.25) is 0 Å². The molecule has 35 heavy (non-hydrogen) atoms. The highest BCUT2D eigenvalue weighted by molar-refractivity contribution is 7.19. The number of aromatic nitrogens is 4. The molecular formula is C25H29N7O2S. The molecule has 182 valence electrons. The second kappa shape index (κ2) is 9.52. The molecule has 0 bridgehead atoms. The average molecular weight is 492 g/mol. The SMILES string of the molecule is COCCN1CCN(C(=O)C2CCc3c(sc4ncnc(Nc5ccc6[nH]ncc6c5)c34)C2)CC1. The van der Waals surface area contributed by atoms with E-state index in [0.717, 1.165) is 91.2 Å². The number of nitrogens with zero attached hydrogens (tertiary/aromatic N) is 5. The van der Waals surface area contributed by atoms with Gasteiger partial charge in [-0.15, -0.1) is 11.3 Å². The highest BCUT2D eigenvalue weighted by Gasteiger charge is 2.32. The molecule has 6 rings (SSSR count). The van der Waals surface area contributed by atoms with Crippen LogP contribution in [0, 0.1) is 5.92 Å². The van der Waals surface area contributed by atoms with E-state index in [4.69, 9.17) is 4.74 Å². The zero-order valence-electron chi connectivity index (χ0n) is 19.8. The Kier molecular flexibility index (Phi) is 6.09. The fourth-order valence-electron chi connectivity index (χ4n) is 5.24. The van der Waals surface area contributed by atoms with Gasteiger partial charge >= 0.3 is 0 Å². The number of amides is 1. The van der Waals surface area contributed by atoms with Crippen LogP contribution in [0.1, 0.15) is 16.9 Å². The Morgan fingerprint density at radius 1 is 1.26 bits per heavy atom. The standard InChI is InChI=1S/C25H29N7O2S/c1-34-11-10-31-6-8-32(9-7-31)25(33)16-2-4-19-21(13-16)35-24-22(19)23(26-15-27-24)29-18-3-5-20-17(12-18)14-28-30-20/h3,5,12,14-16H,2,4,6-11,13H2,1H3,(H,28,30)(H,26,27,29). The molecule has 1 amide bonds. The van der Waals surface area contributed by atoms with Crippen molar-refractivity contribution in [1.82, 2.24) is 30.0 Å². The van der Waals surface area contributed by atoms with Crippen molar-refractivity contribution in [3.8, 4) is 0 Å². The first kappa shape index (κ1) is 22.4. The van der Waals surface area contributed by atoms with E-state index in [0.29, 0.717) is 5.91 Å². The number of aryl methyl sites for hydroxylation is 1. The van der Waals surface area contributed by atoms with Gasteiger partial charge in [-0.05, 0) is 43.0 Å². The van der Waals surface area contributed by atoms with Gasteiger partial charge in [0.2, 0.25) is 5.91 Å². The smallest absolute Gasteiger partial charge is 0.226 e. The number of aromatic amines is 1. The number of piperazine rings is 1. The minimum Gasteiger partial charge on any atom is -0.383 e. The molecule has 1 saturated heterocycles. The summed E-state index contributed by atoms with van der Waals surface area (Å²) in [4.78, 5) is 29.2. The van der Waals surface area contributed by atoms with Gasteiger partial charge in [-0.1, -0.05) is 0 Å². The number of H-pyrrole nitrogens is 1. The molecule has 0 saturated carbocycles. The van der Waals surface area contributed by atoms with Crippen molar-refractivity contribution in [2.75, 3.05) is 51.8 Å². The van der Waals surface area contributed by atoms with Gasteiger partial charge in [0.15, 0.2) is 0 Å². The molecule has 0 radical (unpaired) electrons. The number of thiophene rings is 1. The third-order valence-electron chi connectivity index (χ3n) is 7.19. The fourth-order valence-corrected chi connectivity index (χ4v) is 6.51. The van der Waals surface area contributed by atoms with Crippen molar-refractivity contribution in [1.29, 1.82) is 0 Å². The monoisotopic (exact) mass is 491 g/mol. The Labute approximate surface area is 207 Å². The van der Waals surface area contributed by atoms with E-state index in [2.05, 4.69) is 41.3 Å². The van der Waals surface area contributed by atoms with Crippen LogP contribution in [0.25, 0.3) is 21.1 Å². The van der Waals surface area contributed by atoms with Crippen LogP contribution in [-0.4, -0.2) is 82.3 Å². The van der Waals surface area contributed by atoms with Crippen LogP contribution in [0.15, 0.2) is 30.7 Å². The van der Waals surface area contributed by atoms with Gasteiger partial charge in [0.25, 0.3) is 0 Å². The van der Waals surface area contributed by atoms with Crippen molar-refractivity contribution in [3.05, 3.63) is 41.2 Å². The van der Waals surface area contributed by atoms with E-state index in [1.54, 1.807) is 24.8 Å². The Balaban J connectivity index is 1.18. The molecule has 1 aromatic carbocycles. The fraction of sp³-hybridized carbons (Fsp3) is 0.440. The predicted octanol–water partition coefficient (Wildman–Crippen LogP) is 3.21. The van der Waals surface area contributed by atoms with E-state index in [1.807, 2.05) is 18.3 Å². The minimum atomic E-state index is 0.0500. The highest BCUT2D eigenvalue weighted by Crippen LogP contribution is 2.41. The summed E-state index contributed by atoms with van der Waals surface area (Å²) < 4.78 is 5.19. The highest BCUT2D eigenvalue weighted by atomic mass is 32.1. The molecule has 4 aromatic rings. The number of ether oxygens (including phenoxy) is 1. The second-order valence-electron chi connectivity index (χ2n) is 9.30. The Morgan fingerprint density at radius 2 is 2.14 bits per heavy atom. The lowest BCUT2D eigenvalue weighted by Crippen LogP contribution is -2.51. The first-order valence-corrected chi connectivity index (χ1v) is 13.0. The lowest BCUT2D eigenvalue weighted by molar-refractivity contribution is -0.137. The number of fused-ring (bicyclic) bond motifs is 4. The molecule has 1 fully saturated rings.